The van der Waals surface area contributed by atoms with E-state index in [-0.39, 0.29) is 115 Å². The standard InChI is InChI=1S/C89H127F2N11O10/c1-18-54(26-29-82(12)52(6)25-31-86(16)63(82)23-19-55-72-70(50(2)3)61(104)43-89(72,35-33-84(55,86)14)45-67-98-100-76(102(67)40-38-93)74-94-48-53(90)49-95-74)111-69(106)47-81(11,78(109)110)41-59-57(91)21-22-58(96-59)75-99-97-66(101(75)39-37-92)44-88-36-34-85(15)56(73(88)71(51(4)5)60(103)42-88)20-24-64-83(13)30-28-65(112-68(105)46-79(7,8)77(107)108)80(9,10)62(83)27-32-87(64,85)17/h21-22,48-52,54-56,62-65H,18-20,23-47,92-93H2,1-17H3,(H,107,108)(H,109,110)/t52-,54-,55-,56-,62+,63-,64-,65+,81?,82+,83+,84-,85-,86-,87-,88+,89+/m1/s1. The first kappa shape index (κ1) is 83.0. The highest BCUT2D eigenvalue weighted by Crippen LogP contribution is 2.79. The van der Waals surface area contributed by atoms with Crippen molar-refractivity contribution >= 4 is 35.4 Å². The minimum absolute atomic E-state index is 0.00926. The number of aliphatic carboxylic acids is 2. The molecule has 7 fully saturated rings. The summed E-state index contributed by atoms with van der Waals surface area (Å²) in [4.78, 5) is 96.3. The number of nitrogens with zero attached hydrogens (tertiary/aromatic N) is 9. The van der Waals surface area contributed by atoms with Gasteiger partial charge in [0.05, 0.1) is 41.8 Å². The van der Waals surface area contributed by atoms with Gasteiger partial charge in [-0.05, 0) is 233 Å². The zero-order valence-electron chi connectivity index (χ0n) is 70.0. The molecule has 0 saturated heterocycles. The molecule has 0 aromatic carbocycles. The fraction of sp³-hybridized carbons (Fsp3) is 0.742. The third-order valence-corrected chi connectivity index (χ3v) is 33.0. The molecule has 0 radical (unpaired) electrons. The number of ketones is 2. The van der Waals surface area contributed by atoms with Gasteiger partial charge in [0.2, 0.25) is 5.82 Å². The molecule has 21 nitrogen and oxygen atoms in total. The number of allylic oxidation sites excluding steroid dienone is 4. The zero-order chi connectivity index (χ0) is 81.4. The second-order valence-corrected chi connectivity index (χ2v) is 40.2. The maximum atomic E-state index is 16.5. The first-order valence-corrected chi connectivity index (χ1v) is 42.3. The van der Waals surface area contributed by atoms with Crippen LogP contribution in [-0.4, -0.2) is 115 Å². The Morgan fingerprint density at radius 3 is 1.71 bits per heavy atom. The zero-order valence-corrected chi connectivity index (χ0v) is 70.0. The van der Waals surface area contributed by atoms with Crippen LogP contribution in [0.5, 0.6) is 0 Å². The SMILES string of the molecule is CC[C@H](CC[C@@]1(C)[C@H](C)CC[C@]2(C)[C@@H]1CC[C@@H]1C3=C(C(C)C)C(=O)C[C@]3(Cc3nnc(-c4ncc(F)cn4)n3CCN)CC[C@]12C)OC(=O)CC(C)(Cc1nc(-c2nnc(C[C@@]34CC[C@]5(C)[C@H](CC[C@@H]6[C@@]7(C)CC[C@H](OC(=O)CC(C)(C)C(=O)O)C(C)(C)[C@@H]7CC[C@]65C)C3=C(C(C)C)C(=O)C4)n2CCN)ccc1F)C(=O)O. The molecule has 23 heteroatoms. The summed E-state index contributed by atoms with van der Waals surface area (Å²) in [5.41, 5.74) is 12.2. The van der Waals surface area contributed by atoms with Crippen LogP contribution in [0.15, 0.2) is 46.8 Å². The van der Waals surface area contributed by atoms with Crippen LogP contribution in [0.25, 0.3) is 23.2 Å². The van der Waals surface area contributed by atoms with Gasteiger partial charge >= 0.3 is 23.9 Å². The van der Waals surface area contributed by atoms with E-state index in [9.17, 15) is 43.4 Å². The van der Waals surface area contributed by atoms with Crippen LogP contribution in [0.4, 0.5) is 8.78 Å². The van der Waals surface area contributed by atoms with Gasteiger partial charge in [0.1, 0.15) is 35.4 Å². The Morgan fingerprint density at radius 2 is 1.17 bits per heavy atom. The van der Waals surface area contributed by atoms with Gasteiger partial charge in [-0.2, -0.15) is 0 Å². The first-order chi connectivity index (χ1) is 52.5. The number of halogens is 2. The van der Waals surface area contributed by atoms with E-state index in [1.807, 2.05) is 16.1 Å². The number of pyridine rings is 1. The van der Waals surface area contributed by atoms with Crippen molar-refractivity contribution in [3.05, 3.63) is 75.8 Å². The molecule has 9 aliphatic rings. The molecule has 4 heterocycles. The maximum absolute atomic E-state index is 16.5. The van der Waals surface area contributed by atoms with Crippen molar-refractivity contribution in [1.29, 1.82) is 0 Å². The van der Waals surface area contributed by atoms with Crippen molar-refractivity contribution in [3.63, 3.8) is 0 Å². The summed E-state index contributed by atoms with van der Waals surface area (Å²) in [5, 5.41) is 39.9. The number of ether oxygens (including phenoxy) is 2. The van der Waals surface area contributed by atoms with E-state index in [0.717, 1.165) is 113 Å². The van der Waals surface area contributed by atoms with Gasteiger partial charge < -0.3 is 40.3 Å². The van der Waals surface area contributed by atoms with Crippen molar-refractivity contribution in [2.24, 2.45) is 118 Å². The fourth-order valence-electron chi connectivity index (χ4n) is 26.4. The average molecular weight is 1550 g/mol. The minimum atomic E-state index is -1.82. The van der Waals surface area contributed by atoms with Crippen LogP contribution in [0.1, 0.15) is 270 Å². The van der Waals surface area contributed by atoms with Crippen LogP contribution in [0, 0.1) is 119 Å². The predicted molar refractivity (Wildman–Crippen MR) is 421 cm³/mol. The van der Waals surface area contributed by atoms with Gasteiger partial charge in [-0.3, -0.25) is 28.8 Å². The van der Waals surface area contributed by atoms with Crippen LogP contribution in [0.2, 0.25) is 0 Å². The van der Waals surface area contributed by atoms with Gasteiger partial charge in [0, 0.05) is 74.5 Å². The van der Waals surface area contributed by atoms with E-state index >= 15 is 4.39 Å². The van der Waals surface area contributed by atoms with E-state index in [1.54, 1.807) is 13.8 Å². The fourth-order valence-corrected chi connectivity index (χ4v) is 26.4. The molecule has 7 saturated carbocycles. The van der Waals surface area contributed by atoms with Crippen molar-refractivity contribution in [3.8, 4) is 23.2 Å². The lowest BCUT2D eigenvalue weighted by molar-refractivity contribution is -0.233. The highest BCUT2D eigenvalue weighted by atomic mass is 19.1. The Kier molecular flexibility index (Phi) is 21.9. The molecule has 9 aliphatic carbocycles. The molecular formula is C89H127F2N11O10. The molecule has 13 rings (SSSR count). The number of fused-ring (bicyclic) bond motifs is 12. The average Bonchev–Trinajstić information content (AvgIpc) is 1.25. The van der Waals surface area contributed by atoms with Gasteiger partial charge in [-0.25, -0.2) is 23.7 Å². The molecule has 4 aromatic heterocycles. The number of carbonyl (C=O) groups is 6. The second-order valence-electron chi connectivity index (χ2n) is 40.2. The van der Waals surface area contributed by atoms with Crippen LogP contribution < -0.4 is 11.5 Å². The number of rotatable bonds is 26. The largest absolute Gasteiger partial charge is 0.481 e. The van der Waals surface area contributed by atoms with Crippen molar-refractivity contribution < 1.29 is 57.2 Å². The Balaban J connectivity index is 0.694. The molecule has 0 spiro atoms. The van der Waals surface area contributed by atoms with E-state index in [1.165, 1.54) is 30.2 Å². The molecule has 4 aromatic rings. The van der Waals surface area contributed by atoms with E-state index in [0.29, 0.717) is 106 Å². The number of esters is 2. The summed E-state index contributed by atoms with van der Waals surface area (Å²) in [6.07, 6.45) is 16.7. The maximum Gasteiger partial charge on any atom is 0.310 e. The normalized spacial score (nSPS) is 34.3. The third-order valence-electron chi connectivity index (χ3n) is 33.0. The van der Waals surface area contributed by atoms with E-state index in [4.69, 9.17) is 41.2 Å². The van der Waals surface area contributed by atoms with Crippen molar-refractivity contribution in [1.82, 2.24) is 44.5 Å². The summed E-state index contributed by atoms with van der Waals surface area (Å²) in [7, 11) is 0. The molecule has 0 bridgehead atoms. The molecule has 1 unspecified atom stereocenters. The Morgan fingerprint density at radius 1 is 0.634 bits per heavy atom. The summed E-state index contributed by atoms with van der Waals surface area (Å²) in [6, 6.07) is 2.79. The number of Topliss-reactive ketones (excluding diaryl/α,β-unsaturated/α-hetero) is 2. The van der Waals surface area contributed by atoms with Gasteiger partial charge in [-0.1, -0.05) is 108 Å². The molecular weight excluding hydrogens is 1420 g/mol. The van der Waals surface area contributed by atoms with Crippen molar-refractivity contribution in [2.75, 3.05) is 13.1 Å². The topological polar surface area (TPSA) is 313 Å². The van der Waals surface area contributed by atoms with E-state index < -0.39 is 76.1 Å². The number of carbonyl (C=O) groups excluding carboxylic acids is 4. The Bertz CT molecular complexity index is 4430. The van der Waals surface area contributed by atoms with Gasteiger partial charge in [-0.15, -0.1) is 20.4 Å². The van der Waals surface area contributed by atoms with E-state index in [2.05, 4.69) is 105 Å². The number of hydrogen-bond acceptors (Lipinski definition) is 17. The second kappa shape index (κ2) is 29.6. The molecule has 0 amide bonds. The predicted octanol–water partition coefficient (Wildman–Crippen LogP) is 16.1. The molecule has 0 aliphatic heterocycles. The lowest BCUT2D eigenvalue weighted by atomic mass is 9.33. The first-order valence-electron chi connectivity index (χ1n) is 42.3. The Hall–Kier alpha value is -7.01. The smallest absolute Gasteiger partial charge is 0.310 e. The van der Waals surface area contributed by atoms with Crippen molar-refractivity contribution in [2.45, 2.75) is 297 Å². The molecule has 6 N–H and O–H groups in total. The number of carboxylic acids is 2. The summed E-state index contributed by atoms with van der Waals surface area (Å²) < 4.78 is 47.0. The lowest BCUT2D eigenvalue weighted by Gasteiger charge is -2.72. The number of aromatic nitrogens is 9. The Labute approximate surface area is 661 Å². The third kappa shape index (κ3) is 13.4. The highest BCUT2D eigenvalue weighted by Gasteiger charge is 2.72. The van der Waals surface area contributed by atoms with Crippen LogP contribution in [0.3, 0.4) is 0 Å². The molecule has 112 heavy (non-hydrogen) atoms. The van der Waals surface area contributed by atoms with Gasteiger partial charge in [0.25, 0.3) is 0 Å². The van der Waals surface area contributed by atoms with Crippen LogP contribution >= 0.6 is 0 Å². The number of hydrogen-bond donors (Lipinski definition) is 4. The summed E-state index contributed by atoms with van der Waals surface area (Å²) in [5.74, 6) is -0.337. The number of carboxylic acid groups (broad SMARTS) is 2. The quantitative estimate of drug-likeness (QED) is 0.0424. The monoisotopic (exact) mass is 1550 g/mol. The van der Waals surface area contributed by atoms with Gasteiger partial charge in [0.15, 0.2) is 29.0 Å². The summed E-state index contributed by atoms with van der Waals surface area (Å²) >= 11 is 0. The number of nitrogens with two attached hydrogens (primary N) is 2. The molecule has 612 valence electrons. The minimum Gasteiger partial charge on any atom is -0.481 e. The lowest BCUT2D eigenvalue weighted by Crippen LogP contribution is -2.65. The molecule has 17 atom stereocenters. The van der Waals surface area contributed by atoms with Crippen LogP contribution in [-0.2, 0) is 70.6 Å². The highest BCUT2D eigenvalue weighted by molar-refractivity contribution is 6.01. The summed E-state index contributed by atoms with van der Waals surface area (Å²) in [6.45, 7) is 38.2.